The molecule has 1 fully saturated rings. The molecule has 1 saturated heterocycles. The van der Waals surface area contributed by atoms with Gasteiger partial charge >= 0.3 is 0 Å². The van der Waals surface area contributed by atoms with Crippen molar-refractivity contribution in [3.63, 3.8) is 0 Å². The fraction of sp³-hybridized carbons (Fsp3) is 0.481. The summed E-state index contributed by atoms with van der Waals surface area (Å²) >= 11 is 3.45. The van der Waals surface area contributed by atoms with Gasteiger partial charge in [-0.25, -0.2) is 8.42 Å². The summed E-state index contributed by atoms with van der Waals surface area (Å²) < 4.78 is 29.2. The normalized spacial score (nSPS) is 19.1. The lowest BCUT2D eigenvalue weighted by molar-refractivity contribution is -0.126. The predicted octanol–water partition coefficient (Wildman–Crippen LogP) is 4.29. The van der Waals surface area contributed by atoms with Crippen LogP contribution < -0.4 is 10.2 Å². The summed E-state index contributed by atoms with van der Waals surface area (Å²) in [5, 5.41) is 3.09. The maximum Gasteiger partial charge on any atom is 0.244 e. The predicted molar refractivity (Wildman–Crippen MR) is 144 cm³/mol. The van der Waals surface area contributed by atoms with Crippen LogP contribution in [0.25, 0.3) is 0 Å². The van der Waals surface area contributed by atoms with Gasteiger partial charge in [0, 0.05) is 42.3 Å². The average molecular weight is 577 g/mol. The maximum absolute atomic E-state index is 13.7. The van der Waals surface area contributed by atoms with Crippen LogP contribution in [0.1, 0.15) is 50.7 Å². The second kappa shape index (κ2) is 11.4. The van der Waals surface area contributed by atoms with E-state index in [1.807, 2.05) is 31.2 Å². The van der Waals surface area contributed by atoms with Crippen LogP contribution in [-0.4, -0.2) is 50.2 Å². The number of aryl methyl sites for hydroxylation is 1. The second-order valence-corrected chi connectivity index (χ2v) is 12.5. The number of hydrogen-bond donors (Lipinski definition) is 1. The van der Waals surface area contributed by atoms with E-state index in [2.05, 4.69) is 33.4 Å². The smallest absolute Gasteiger partial charge is 0.244 e. The van der Waals surface area contributed by atoms with Gasteiger partial charge in [-0.2, -0.15) is 4.31 Å². The summed E-state index contributed by atoms with van der Waals surface area (Å²) in [6.45, 7) is 4.88. The largest absolute Gasteiger partial charge is 0.353 e. The number of nitrogens with zero attached hydrogens (tertiary/aromatic N) is 2. The van der Waals surface area contributed by atoms with Gasteiger partial charge in [0.1, 0.15) is 0 Å². The van der Waals surface area contributed by atoms with Crippen molar-refractivity contribution in [2.45, 2.75) is 63.3 Å². The van der Waals surface area contributed by atoms with E-state index in [1.165, 1.54) is 9.87 Å². The lowest BCUT2D eigenvalue weighted by Gasteiger charge is -2.32. The molecule has 0 radical (unpaired) electrons. The van der Waals surface area contributed by atoms with E-state index in [-0.39, 0.29) is 35.2 Å². The zero-order valence-corrected chi connectivity index (χ0v) is 23.3. The van der Waals surface area contributed by atoms with E-state index in [4.69, 9.17) is 0 Å². The first-order chi connectivity index (χ1) is 17.2. The average Bonchev–Trinajstić information content (AvgIpc) is 3.29. The quantitative estimate of drug-likeness (QED) is 0.508. The number of carbonyl (C=O) groups is 2. The molecule has 2 amide bonds. The molecule has 0 spiro atoms. The zero-order valence-electron chi connectivity index (χ0n) is 20.9. The number of fused-ring (bicyclic) bond motifs is 1. The van der Waals surface area contributed by atoms with E-state index >= 15 is 0 Å². The SMILES string of the molecule is CCC(=O)N1CCc2cc(Br)c(S(=O)(=O)N3CCC[C@@H](C(=O)N[C@@H](C)CCc4ccccc4)C3)cc21. The molecule has 194 valence electrons. The minimum absolute atomic E-state index is 0.00219. The fourth-order valence-electron chi connectivity index (χ4n) is 5.01. The van der Waals surface area contributed by atoms with Crippen LogP contribution in [0.15, 0.2) is 51.8 Å². The van der Waals surface area contributed by atoms with Gasteiger partial charge in [0.2, 0.25) is 21.8 Å². The Morgan fingerprint density at radius 3 is 2.64 bits per heavy atom. The first-order valence-corrected chi connectivity index (χ1v) is 14.9. The molecule has 0 saturated carbocycles. The lowest BCUT2D eigenvalue weighted by atomic mass is 9.98. The molecule has 36 heavy (non-hydrogen) atoms. The van der Waals surface area contributed by atoms with Gasteiger partial charge in [-0.15, -0.1) is 0 Å². The van der Waals surface area contributed by atoms with Crippen LogP contribution in [0.4, 0.5) is 5.69 Å². The molecule has 9 heteroatoms. The highest BCUT2D eigenvalue weighted by atomic mass is 79.9. The van der Waals surface area contributed by atoms with Crippen LogP contribution in [0.2, 0.25) is 0 Å². The molecule has 2 heterocycles. The zero-order chi connectivity index (χ0) is 25.9. The Balaban J connectivity index is 1.44. The number of nitrogens with one attached hydrogen (secondary N) is 1. The molecule has 1 N–H and O–H groups in total. The number of hydrogen-bond acceptors (Lipinski definition) is 4. The van der Waals surface area contributed by atoms with E-state index in [0.29, 0.717) is 48.9 Å². The van der Waals surface area contributed by atoms with Crippen LogP contribution >= 0.6 is 15.9 Å². The van der Waals surface area contributed by atoms with Crippen LogP contribution in [0.5, 0.6) is 0 Å². The Bertz CT molecular complexity index is 1220. The number of rotatable bonds is 8. The highest BCUT2D eigenvalue weighted by Gasteiger charge is 2.36. The van der Waals surface area contributed by atoms with Crippen LogP contribution in [0, 0.1) is 5.92 Å². The van der Waals surface area contributed by atoms with E-state index < -0.39 is 10.0 Å². The highest BCUT2D eigenvalue weighted by Crippen LogP contribution is 2.37. The van der Waals surface area contributed by atoms with Crippen molar-refractivity contribution in [1.82, 2.24) is 9.62 Å². The summed E-state index contributed by atoms with van der Waals surface area (Å²) in [5.41, 5.74) is 2.86. The Morgan fingerprint density at radius 1 is 1.17 bits per heavy atom. The van der Waals surface area contributed by atoms with Gasteiger partial charge in [-0.05, 0) is 78.2 Å². The van der Waals surface area contributed by atoms with E-state index in [9.17, 15) is 18.0 Å². The third-order valence-corrected chi connectivity index (χ3v) is 9.93. The van der Waals surface area contributed by atoms with Crippen LogP contribution in [-0.2, 0) is 32.5 Å². The maximum atomic E-state index is 13.7. The molecular formula is C27H34BrN3O4S. The number of carbonyl (C=O) groups excluding carboxylic acids is 2. The Kier molecular flexibility index (Phi) is 8.52. The molecule has 0 bridgehead atoms. The Labute approximate surface area is 222 Å². The number of halogens is 1. The third-order valence-electron chi connectivity index (χ3n) is 7.10. The molecular weight excluding hydrogens is 542 g/mol. The molecule has 7 nitrogen and oxygen atoms in total. The molecule has 2 aromatic rings. The first kappa shape index (κ1) is 26.8. The van der Waals surface area contributed by atoms with Gasteiger partial charge < -0.3 is 10.2 Å². The molecule has 2 atom stereocenters. The number of benzene rings is 2. The number of piperidine rings is 1. The van der Waals surface area contributed by atoms with E-state index in [1.54, 1.807) is 17.9 Å². The van der Waals surface area contributed by atoms with E-state index in [0.717, 1.165) is 18.4 Å². The number of amides is 2. The summed E-state index contributed by atoms with van der Waals surface area (Å²) in [5.74, 6) is -0.502. The Morgan fingerprint density at radius 2 is 1.92 bits per heavy atom. The van der Waals surface area contributed by atoms with Crippen molar-refractivity contribution in [3.05, 3.63) is 58.1 Å². The highest BCUT2D eigenvalue weighted by molar-refractivity contribution is 9.10. The second-order valence-electron chi connectivity index (χ2n) is 9.70. The fourth-order valence-corrected chi connectivity index (χ4v) is 7.60. The number of anilines is 1. The van der Waals surface area contributed by atoms with Crippen molar-refractivity contribution in [3.8, 4) is 0 Å². The molecule has 4 rings (SSSR count). The van der Waals surface area contributed by atoms with Gasteiger partial charge in [0.05, 0.1) is 10.8 Å². The van der Waals surface area contributed by atoms with Crippen LogP contribution in [0.3, 0.4) is 0 Å². The van der Waals surface area contributed by atoms with Crippen molar-refractivity contribution in [1.29, 1.82) is 0 Å². The molecule has 2 aliphatic rings. The van der Waals surface area contributed by atoms with Gasteiger partial charge in [0.25, 0.3) is 0 Å². The Hall–Kier alpha value is -2.23. The van der Waals surface area contributed by atoms with Gasteiger partial charge in [-0.1, -0.05) is 37.3 Å². The van der Waals surface area contributed by atoms with Crippen molar-refractivity contribution in [2.75, 3.05) is 24.5 Å². The first-order valence-electron chi connectivity index (χ1n) is 12.7. The summed E-state index contributed by atoms with van der Waals surface area (Å²) in [6.07, 6.45) is 4.04. The monoisotopic (exact) mass is 575 g/mol. The van der Waals surface area contributed by atoms with Crippen molar-refractivity contribution < 1.29 is 18.0 Å². The summed E-state index contributed by atoms with van der Waals surface area (Å²) in [4.78, 5) is 27.2. The molecule has 0 unspecified atom stereocenters. The standard InChI is InChI=1S/C27H34BrN3O4S/c1-3-26(32)31-15-13-21-16-23(28)25(17-24(21)31)36(34,35)30-14-7-10-22(18-30)27(33)29-19(2)11-12-20-8-5-4-6-9-20/h4-6,8-9,16-17,19,22H,3,7,10-15,18H2,1-2H3,(H,29,33)/t19-,22+/m0/s1. The van der Waals surface area contributed by atoms with Crippen molar-refractivity contribution in [2.24, 2.45) is 5.92 Å². The minimum atomic E-state index is -3.84. The summed E-state index contributed by atoms with van der Waals surface area (Å²) in [7, 11) is -3.84. The minimum Gasteiger partial charge on any atom is -0.353 e. The molecule has 0 aliphatic carbocycles. The molecule has 2 aromatic carbocycles. The topological polar surface area (TPSA) is 86.8 Å². The lowest BCUT2D eigenvalue weighted by Crippen LogP contribution is -2.47. The molecule has 2 aliphatic heterocycles. The summed E-state index contributed by atoms with van der Waals surface area (Å²) in [6, 6.07) is 13.6. The van der Waals surface area contributed by atoms with Crippen molar-refractivity contribution >= 4 is 43.5 Å². The number of sulfonamides is 1. The van der Waals surface area contributed by atoms with Gasteiger partial charge in [0.15, 0.2) is 0 Å². The third kappa shape index (κ3) is 5.84. The van der Waals surface area contributed by atoms with Gasteiger partial charge in [-0.3, -0.25) is 9.59 Å². The molecule has 0 aromatic heterocycles.